The lowest BCUT2D eigenvalue weighted by molar-refractivity contribution is -0.0568. The van der Waals surface area contributed by atoms with Crippen LogP contribution in [-0.2, 0) is 29.8 Å². The number of nitrogens with one attached hydrogen (secondary N) is 1. The summed E-state index contributed by atoms with van der Waals surface area (Å²) in [6, 6.07) is 3.30. The van der Waals surface area contributed by atoms with Gasteiger partial charge in [0.15, 0.2) is 0 Å². The Bertz CT molecular complexity index is 980. The molecule has 2 aromatic rings. The maximum Gasteiger partial charge on any atom is 0.255 e. The van der Waals surface area contributed by atoms with Crippen LogP contribution in [0.3, 0.4) is 0 Å². The minimum absolute atomic E-state index is 0.0133. The molecule has 0 amide bonds. The Morgan fingerprint density at radius 2 is 2.04 bits per heavy atom. The van der Waals surface area contributed by atoms with Crippen LogP contribution >= 0.6 is 0 Å². The molecule has 0 atom stereocenters. The van der Waals surface area contributed by atoms with Crippen LogP contribution in [0.2, 0.25) is 0 Å². The van der Waals surface area contributed by atoms with Gasteiger partial charge in [-0.25, -0.2) is 9.37 Å². The molecule has 3 heterocycles. The van der Waals surface area contributed by atoms with Crippen molar-refractivity contribution in [1.82, 2.24) is 9.97 Å². The molecule has 1 aromatic carbocycles. The van der Waals surface area contributed by atoms with Crippen molar-refractivity contribution in [3.05, 3.63) is 50.7 Å². The van der Waals surface area contributed by atoms with Crippen LogP contribution in [0, 0.1) is 5.82 Å². The fraction of sp³-hybridized carbons (Fsp3) is 0.524. The second-order valence-corrected chi connectivity index (χ2v) is 7.94. The molecule has 5 rings (SSSR count). The summed E-state index contributed by atoms with van der Waals surface area (Å²) in [6.45, 7) is 1.72. The number of hydrogen-bond donors (Lipinski definition) is 1. The first kappa shape index (κ1) is 17.7. The lowest BCUT2D eigenvalue weighted by atomic mass is 9.83. The number of aryl methyl sites for hydroxylation is 1. The molecule has 1 spiro atoms. The van der Waals surface area contributed by atoms with Crippen LogP contribution in [0.25, 0.3) is 0 Å². The number of anilines is 1. The van der Waals surface area contributed by atoms with Crippen molar-refractivity contribution in [2.24, 2.45) is 0 Å². The van der Waals surface area contributed by atoms with Crippen molar-refractivity contribution in [1.29, 1.82) is 0 Å². The van der Waals surface area contributed by atoms with Crippen LogP contribution in [-0.4, -0.2) is 30.2 Å². The van der Waals surface area contributed by atoms with Crippen molar-refractivity contribution in [2.75, 3.05) is 25.1 Å². The average Bonchev–Trinajstić information content (AvgIpc) is 3.07. The number of rotatable bonds is 2. The average molecular weight is 385 g/mol. The second-order valence-electron chi connectivity index (χ2n) is 7.94. The van der Waals surface area contributed by atoms with Crippen LogP contribution in [0.4, 0.5) is 10.3 Å². The molecule has 1 N–H and O–H groups in total. The number of aromatic nitrogens is 2. The maximum atomic E-state index is 14.8. The molecule has 0 saturated carbocycles. The van der Waals surface area contributed by atoms with Crippen molar-refractivity contribution in [2.45, 2.75) is 50.7 Å². The molecule has 0 bridgehead atoms. The standard InChI is InChI=1S/C21H24FN3O3/c1-27-14-10-13-12-28-21(18(13)16(22)11-14)6-8-25(9-7-21)20-23-17-5-3-2-4-15(17)19(26)24-20/h10-11H,2-9,12H2,1H3,(H,23,24,26). The zero-order valence-corrected chi connectivity index (χ0v) is 16.0. The molecular formula is C21H24FN3O3. The highest BCUT2D eigenvalue weighted by Gasteiger charge is 2.45. The van der Waals surface area contributed by atoms with E-state index < -0.39 is 5.60 Å². The highest BCUT2D eigenvalue weighted by molar-refractivity contribution is 5.44. The number of ether oxygens (including phenoxy) is 2. The van der Waals surface area contributed by atoms with Gasteiger partial charge in [-0.3, -0.25) is 9.78 Å². The summed E-state index contributed by atoms with van der Waals surface area (Å²) in [7, 11) is 1.54. The Labute approximate surface area is 162 Å². The third-order valence-electron chi connectivity index (χ3n) is 6.39. The van der Waals surface area contributed by atoms with E-state index in [2.05, 4.69) is 9.88 Å². The molecule has 148 valence electrons. The van der Waals surface area contributed by atoms with E-state index >= 15 is 0 Å². The first-order valence-electron chi connectivity index (χ1n) is 9.97. The molecule has 28 heavy (non-hydrogen) atoms. The van der Waals surface area contributed by atoms with Crippen LogP contribution in [0.1, 0.15) is 48.1 Å². The molecule has 7 heteroatoms. The predicted molar refractivity (Wildman–Crippen MR) is 102 cm³/mol. The lowest BCUT2D eigenvalue weighted by Gasteiger charge is -2.39. The van der Waals surface area contributed by atoms with Gasteiger partial charge in [-0.05, 0) is 50.2 Å². The van der Waals surface area contributed by atoms with Crippen molar-refractivity contribution in [3.8, 4) is 5.75 Å². The molecule has 0 radical (unpaired) electrons. The van der Waals surface area contributed by atoms with Crippen LogP contribution in [0.5, 0.6) is 5.75 Å². The number of halogens is 1. The minimum Gasteiger partial charge on any atom is -0.497 e. The summed E-state index contributed by atoms with van der Waals surface area (Å²) in [5.41, 5.74) is 2.70. The van der Waals surface area contributed by atoms with Gasteiger partial charge in [0.1, 0.15) is 17.2 Å². The second kappa shape index (κ2) is 6.58. The number of benzene rings is 1. The van der Waals surface area contributed by atoms with Gasteiger partial charge in [0.05, 0.1) is 19.4 Å². The highest BCUT2D eigenvalue weighted by Crippen LogP contribution is 2.46. The van der Waals surface area contributed by atoms with Crippen molar-refractivity contribution < 1.29 is 13.9 Å². The Hall–Kier alpha value is -2.41. The van der Waals surface area contributed by atoms with Gasteiger partial charge in [-0.15, -0.1) is 0 Å². The number of hydrogen-bond acceptors (Lipinski definition) is 5. The van der Waals surface area contributed by atoms with Crippen molar-refractivity contribution >= 4 is 5.95 Å². The van der Waals surface area contributed by atoms with Gasteiger partial charge < -0.3 is 14.4 Å². The Morgan fingerprint density at radius 1 is 1.25 bits per heavy atom. The van der Waals surface area contributed by atoms with Gasteiger partial charge in [-0.1, -0.05) is 0 Å². The van der Waals surface area contributed by atoms with Gasteiger partial charge in [0, 0.05) is 30.3 Å². The Balaban J connectivity index is 1.40. The minimum atomic E-state index is -0.601. The SMILES string of the molecule is COc1cc(F)c2c(c1)COC21CCN(c2nc3c(c(=O)[nH]2)CCCC3)CC1. The molecule has 1 aromatic heterocycles. The number of aromatic amines is 1. The van der Waals surface area contributed by atoms with E-state index in [0.29, 0.717) is 49.8 Å². The first-order valence-corrected chi connectivity index (χ1v) is 9.97. The molecule has 6 nitrogen and oxygen atoms in total. The molecule has 0 unspecified atom stereocenters. The van der Waals surface area contributed by atoms with Gasteiger partial charge in [0.25, 0.3) is 5.56 Å². The van der Waals surface area contributed by atoms with E-state index in [-0.39, 0.29) is 11.4 Å². The van der Waals surface area contributed by atoms with E-state index in [1.54, 1.807) is 0 Å². The number of piperidine rings is 1. The summed E-state index contributed by atoms with van der Waals surface area (Å²) < 4.78 is 26.1. The highest BCUT2D eigenvalue weighted by atomic mass is 19.1. The smallest absolute Gasteiger partial charge is 0.255 e. The molecule has 2 aliphatic heterocycles. The Morgan fingerprint density at radius 3 is 2.82 bits per heavy atom. The largest absolute Gasteiger partial charge is 0.497 e. The summed E-state index contributed by atoms with van der Waals surface area (Å²) in [5, 5.41) is 0. The van der Waals surface area contributed by atoms with E-state index in [9.17, 15) is 9.18 Å². The van der Waals surface area contributed by atoms with Crippen LogP contribution in [0.15, 0.2) is 16.9 Å². The molecule has 1 fully saturated rings. The van der Waals surface area contributed by atoms with E-state index in [1.165, 1.54) is 13.2 Å². The fourth-order valence-corrected chi connectivity index (χ4v) is 4.88. The number of nitrogens with zero attached hydrogens (tertiary/aromatic N) is 2. The summed E-state index contributed by atoms with van der Waals surface area (Å²) >= 11 is 0. The van der Waals surface area contributed by atoms with Gasteiger partial charge in [-0.2, -0.15) is 0 Å². The first-order chi connectivity index (χ1) is 13.6. The zero-order valence-electron chi connectivity index (χ0n) is 16.0. The number of methoxy groups -OCH3 is 1. The zero-order chi connectivity index (χ0) is 19.3. The molecule has 1 aliphatic carbocycles. The number of H-pyrrole nitrogens is 1. The predicted octanol–water partition coefficient (Wildman–Crippen LogP) is 2.82. The fourth-order valence-electron chi connectivity index (χ4n) is 4.88. The third kappa shape index (κ3) is 2.71. The summed E-state index contributed by atoms with van der Waals surface area (Å²) in [4.78, 5) is 22.2. The quantitative estimate of drug-likeness (QED) is 0.861. The molecule has 1 saturated heterocycles. The topological polar surface area (TPSA) is 67.5 Å². The van der Waals surface area contributed by atoms with E-state index in [4.69, 9.17) is 14.5 Å². The van der Waals surface area contributed by atoms with Crippen molar-refractivity contribution in [3.63, 3.8) is 0 Å². The molecular weight excluding hydrogens is 361 g/mol. The summed E-state index contributed by atoms with van der Waals surface area (Å²) in [5.74, 6) is 0.889. The number of fused-ring (bicyclic) bond motifs is 3. The normalized spacial score (nSPS) is 20.1. The Kier molecular flexibility index (Phi) is 4.16. The lowest BCUT2D eigenvalue weighted by Crippen LogP contribution is -2.44. The summed E-state index contributed by atoms with van der Waals surface area (Å²) in [6.07, 6.45) is 5.13. The van der Waals surface area contributed by atoms with E-state index in [0.717, 1.165) is 42.5 Å². The molecule has 3 aliphatic rings. The third-order valence-corrected chi connectivity index (χ3v) is 6.39. The monoisotopic (exact) mass is 385 g/mol. The maximum absolute atomic E-state index is 14.8. The van der Waals surface area contributed by atoms with E-state index in [1.807, 2.05) is 6.07 Å². The van der Waals surface area contributed by atoms with Crippen LogP contribution < -0.4 is 15.2 Å². The van der Waals surface area contributed by atoms with Gasteiger partial charge >= 0.3 is 0 Å². The van der Waals surface area contributed by atoms with Gasteiger partial charge in [0.2, 0.25) is 5.95 Å².